The summed E-state index contributed by atoms with van der Waals surface area (Å²) in [5, 5.41) is 9.30. The number of Topliss-reactive ketones (excluding diaryl/α,β-unsaturated/α-hetero) is 1. The number of carbonyl (C=O) groups is 1. The van der Waals surface area contributed by atoms with Crippen molar-refractivity contribution in [2.45, 2.75) is 51.3 Å². The first-order valence-electron chi connectivity index (χ1n) is 7.81. The van der Waals surface area contributed by atoms with Gasteiger partial charge in [-0.05, 0) is 27.7 Å². The lowest BCUT2D eigenvalue weighted by atomic mass is 9.50. The number of rotatable bonds is 0. The lowest BCUT2D eigenvalue weighted by molar-refractivity contribution is -0.276. The molecule has 0 aromatic rings. The number of hydrogen-bond donors (Lipinski definition) is 0. The smallest absolute Gasteiger partial charge is 0.298 e. The number of nitrogens with zero attached hydrogens (tertiary/aromatic N) is 2. The maximum atomic E-state index is 13.8. The van der Waals surface area contributed by atoms with Gasteiger partial charge in [-0.15, -0.1) is 11.8 Å². The Kier molecular flexibility index (Phi) is 3.45. The molecule has 0 saturated heterocycles. The van der Waals surface area contributed by atoms with Gasteiger partial charge in [0.15, 0.2) is 11.2 Å². The van der Waals surface area contributed by atoms with Gasteiger partial charge in [0, 0.05) is 17.9 Å². The van der Waals surface area contributed by atoms with E-state index in [-0.39, 0.29) is 5.78 Å². The summed E-state index contributed by atoms with van der Waals surface area (Å²) in [5.74, 6) is -1.41. The standard InChI is InChI=1S/C16H16F6N2OS/c1-10(2)9(25)11(3,4)14(10)24-8-5-13(8,16(20,21)22)12(6-23,7-26-14)15(17,18)19/h5,7H2,1-4H3. The van der Waals surface area contributed by atoms with E-state index in [0.29, 0.717) is 11.8 Å². The lowest BCUT2D eigenvalue weighted by Crippen LogP contribution is -2.71. The molecule has 1 spiro atoms. The van der Waals surface area contributed by atoms with Crippen LogP contribution in [0.4, 0.5) is 26.3 Å². The molecule has 26 heavy (non-hydrogen) atoms. The Hall–Kier alpha value is -1.24. The Morgan fingerprint density at radius 3 is 1.92 bits per heavy atom. The second-order valence-corrected chi connectivity index (χ2v) is 9.33. The number of aliphatic imine (C=N–C) groups is 1. The molecule has 2 aliphatic carbocycles. The minimum Gasteiger partial charge on any atom is -0.298 e. The molecule has 0 aromatic heterocycles. The van der Waals surface area contributed by atoms with Crippen molar-refractivity contribution >= 4 is 23.3 Å². The number of thioether (sulfide) groups is 1. The van der Waals surface area contributed by atoms with Crippen molar-refractivity contribution in [1.29, 1.82) is 5.26 Å². The molecule has 2 fully saturated rings. The molecule has 0 bridgehead atoms. The number of halogens is 6. The van der Waals surface area contributed by atoms with Crippen LogP contribution in [0, 0.1) is 33.0 Å². The van der Waals surface area contributed by atoms with Crippen molar-refractivity contribution in [2.75, 3.05) is 5.75 Å². The van der Waals surface area contributed by atoms with Crippen LogP contribution in [0.25, 0.3) is 0 Å². The number of fused-ring (bicyclic) bond motifs is 1. The van der Waals surface area contributed by atoms with Crippen LogP contribution in [0.2, 0.25) is 0 Å². The molecule has 2 unspecified atom stereocenters. The SMILES string of the molecule is CC1(C)C(=O)C(C)(C)C12N=C1CC1(C(F)(F)F)C(C#N)(C(F)(F)F)CS2. The van der Waals surface area contributed by atoms with Crippen molar-refractivity contribution in [3.63, 3.8) is 0 Å². The maximum absolute atomic E-state index is 13.8. The van der Waals surface area contributed by atoms with E-state index in [1.165, 1.54) is 27.7 Å². The first-order valence-corrected chi connectivity index (χ1v) is 8.80. The van der Waals surface area contributed by atoms with Gasteiger partial charge in [0.05, 0.1) is 16.9 Å². The number of nitriles is 1. The van der Waals surface area contributed by atoms with Crippen LogP contribution in [0.3, 0.4) is 0 Å². The van der Waals surface area contributed by atoms with Crippen molar-refractivity contribution in [1.82, 2.24) is 0 Å². The van der Waals surface area contributed by atoms with Crippen LogP contribution < -0.4 is 0 Å². The monoisotopic (exact) mass is 398 g/mol. The van der Waals surface area contributed by atoms with E-state index in [4.69, 9.17) is 0 Å². The van der Waals surface area contributed by atoms with Crippen LogP contribution in [0.15, 0.2) is 4.99 Å². The summed E-state index contributed by atoms with van der Waals surface area (Å²) in [7, 11) is 0. The van der Waals surface area contributed by atoms with E-state index in [9.17, 15) is 36.4 Å². The van der Waals surface area contributed by atoms with E-state index >= 15 is 0 Å². The van der Waals surface area contributed by atoms with Gasteiger partial charge < -0.3 is 0 Å². The molecule has 1 heterocycles. The third-order valence-corrected chi connectivity index (χ3v) is 8.41. The molecule has 3 rings (SSSR count). The zero-order valence-corrected chi connectivity index (χ0v) is 15.2. The van der Waals surface area contributed by atoms with Gasteiger partial charge >= 0.3 is 12.4 Å². The molecule has 3 aliphatic rings. The summed E-state index contributed by atoms with van der Waals surface area (Å²) in [6.07, 6.45) is -11.6. The third-order valence-electron chi connectivity index (χ3n) is 6.31. The number of ketones is 1. The van der Waals surface area contributed by atoms with Gasteiger partial charge in [-0.1, -0.05) is 0 Å². The molecule has 0 aromatic carbocycles. The number of alkyl halides is 6. The summed E-state index contributed by atoms with van der Waals surface area (Å²) < 4.78 is 82.8. The normalized spacial score (nSPS) is 37.1. The summed E-state index contributed by atoms with van der Waals surface area (Å²) in [6, 6.07) is 0.956. The molecular formula is C16H16F6N2OS. The molecule has 2 atom stereocenters. The van der Waals surface area contributed by atoms with Gasteiger partial charge in [-0.3, -0.25) is 9.79 Å². The quantitative estimate of drug-likeness (QED) is 0.564. The first kappa shape index (κ1) is 19.5. The second kappa shape index (κ2) is 4.59. The van der Waals surface area contributed by atoms with Crippen molar-refractivity contribution in [3.05, 3.63) is 0 Å². The topological polar surface area (TPSA) is 53.2 Å². The Bertz CT molecular complexity index is 757. The van der Waals surface area contributed by atoms with Crippen LogP contribution in [-0.4, -0.2) is 34.5 Å². The van der Waals surface area contributed by atoms with Gasteiger partial charge in [0.1, 0.15) is 10.3 Å². The average molecular weight is 398 g/mol. The fraction of sp³-hybridized carbons (Fsp3) is 0.812. The van der Waals surface area contributed by atoms with Crippen molar-refractivity contribution in [2.24, 2.45) is 26.7 Å². The van der Waals surface area contributed by atoms with E-state index in [0.717, 1.165) is 6.07 Å². The predicted molar refractivity (Wildman–Crippen MR) is 82.4 cm³/mol. The fourth-order valence-corrected chi connectivity index (χ4v) is 6.75. The number of carbonyl (C=O) groups excluding carboxylic acids is 1. The van der Waals surface area contributed by atoms with Crippen LogP contribution in [0.1, 0.15) is 34.1 Å². The Labute approximate surface area is 150 Å². The Morgan fingerprint density at radius 1 is 1.04 bits per heavy atom. The lowest BCUT2D eigenvalue weighted by Gasteiger charge is -2.62. The summed E-state index contributed by atoms with van der Waals surface area (Å²) in [4.78, 5) is 15.1. The van der Waals surface area contributed by atoms with E-state index in [1.807, 2.05) is 0 Å². The van der Waals surface area contributed by atoms with Gasteiger partial charge in [0.2, 0.25) is 0 Å². The Morgan fingerprint density at radius 2 is 1.54 bits per heavy atom. The molecule has 144 valence electrons. The third kappa shape index (κ3) is 1.69. The van der Waals surface area contributed by atoms with Gasteiger partial charge in [-0.25, -0.2) is 0 Å². The van der Waals surface area contributed by atoms with Crippen LogP contribution in [-0.2, 0) is 4.79 Å². The molecule has 1 aliphatic heterocycles. The summed E-state index contributed by atoms with van der Waals surface area (Å²) in [6.45, 7) is 5.90. The molecule has 0 radical (unpaired) electrons. The molecule has 2 saturated carbocycles. The minimum absolute atomic E-state index is 0.281. The fourth-order valence-electron chi connectivity index (χ4n) is 4.77. The van der Waals surface area contributed by atoms with Crippen molar-refractivity contribution in [3.8, 4) is 6.07 Å². The highest BCUT2D eigenvalue weighted by molar-refractivity contribution is 8.01. The first-order chi connectivity index (χ1) is 11.5. The molecular weight excluding hydrogens is 382 g/mol. The maximum Gasteiger partial charge on any atom is 0.409 e. The highest BCUT2D eigenvalue weighted by atomic mass is 32.2. The van der Waals surface area contributed by atoms with E-state index < -0.39 is 56.8 Å². The van der Waals surface area contributed by atoms with Crippen LogP contribution >= 0.6 is 11.8 Å². The van der Waals surface area contributed by atoms with Crippen LogP contribution in [0.5, 0.6) is 0 Å². The van der Waals surface area contributed by atoms with Gasteiger partial charge in [-0.2, -0.15) is 31.6 Å². The summed E-state index contributed by atoms with van der Waals surface area (Å²) in [5.41, 5.74) is -10.1. The molecule has 0 amide bonds. The second-order valence-electron chi connectivity index (χ2n) is 8.17. The zero-order valence-electron chi connectivity index (χ0n) is 14.4. The van der Waals surface area contributed by atoms with Gasteiger partial charge in [0.25, 0.3) is 0 Å². The molecule has 0 N–H and O–H groups in total. The number of hydrogen-bond acceptors (Lipinski definition) is 4. The van der Waals surface area contributed by atoms with E-state index in [2.05, 4.69) is 4.99 Å². The largest absolute Gasteiger partial charge is 0.409 e. The Balaban J connectivity index is 2.28. The highest BCUT2D eigenvalue weighted by Crippen LogP contribution is 2.76. The molecule has 3 nitrogen and oxygen atoms in total. The van der Waals surface area contributed by atoms with E-state index in [1.54, 1.807) is 0 Å². The zero-order chi connectivity index (χ0) is 20.2. The minimum atomic E-state index is -5.39. The summed E-state index contributed by atoms with van der Waals surface area (Å²) >= 11 is 0.547. The van der Waals surface area contributed by atoms with Crippen molar-refractivity contribution < 1.29 is 31.1 Å². The predicted octanol–water partition coefficient (Wildman–Crippen LogP) is 4.53. The highest BCUT2D eigenvalue weighted by Gasteiger charge is 2.88. The molecule has 10 heteroatoms. The average Bonchev–Trinajstić information content (AvgIpc) is 3.19.